The number of nitrogens with zero attached hydrogens (tertiary/aromatic N) is 1. The zero-order chi connectivity index (χ0) is 15.2. The molecule has 0 unspecified atom stereocenters. The first kappa shape index (κ1) is 14.6. The Morgan fingerprint density at radius 2 is 2.24 bits per heavy atom. The fourth-order valence-electron chi connectivity index (χ4n) is 1.90. The van der Waals surface area contributed by atoms with E-state index in [0.717, 1.165) is 11.1 Å². The van der Waals surface area contributed by atoms with Crippen LogP contribution < -0.4 is 11.4 Å². The highest BCUT2D eigenvalue weighted by Crippen LogP contribution is 2.08. The summed E-state index contributed by atoms with van der Waals surface area (Å²) < 4.78 is 0. The van der Waals surface area contributed by atoms with Crippen molar-refractivity contribution in [1.82, 2.24) is 14.9 Å². The SMILES string of the molecule is CN(Cc1cccc(C#CCN)c1)C(=O)c1c[nH]c(=O)[nH]1. The van der Waals surface area contributed by atoms with Gasteiger partial charge in [0.15, 0.2) is 0 Å². The molecule has 0 aliphatic carbocycles. The van der Waals surface area contributed by atoms with Crippen LogP contribution in [-0.4, -0.2) is 34.4 Å². The quantitative estimate of drug-likeness (QED) is 0.707. The average molecular weight is 284 g/mol. The van der Waals surface area contributed by atoms with E-state index in [2.05, 4.69) is 21.8 Å². The van der Waals surface area contributed by atoms with Crippen molar-refractivity contribution in [3.05, 3.63) is 57.8 Å². The first-order chi connectivity index (χ1) is 10.1. The van der Waals surface area contributed by atoms with Gasteiger partial charge in [-0.2, -0.15) is 0 Å². The number of hydrogen-bond acceptors (Lipinski definition) is 3. The highest BCUT2D eigenvalue weighted by Gasteiger charge is 2.13. The Labute approximate surface area is 122 Å². The summed E-state index contributed by atoms with van der Waals surface area (Å²) in [5.41, 5.74) is 6.99. The lowest BCUT2D eigenvalue weighted by molar-refractivity contribution is 0.0779. The van der Waals surface area contributed by atoms with Crippen molar-refractivity contribution in [2.45, 2.75) is 6.54 Å². The molecular weight excluding hydrogens is 268 g/mol. The number of carbonyl (C=O) groups is 1. The first-order valence-corrected chi connectivity index (χ1v) is 6.41. The molecular formula is C15H16N4O2. The van der Waals surface area contributed by atoms with Crippen molar-refractivity contribution in [2.75, 3.05) is 13.6 Å². The molecule has 6 heteroatoms. The van der Waals surface area contributed by atoms with Gasteiger partial charge in [0.25, 0.3) is 5.91 Å². The van der Waals surface area contributed by atoms with Gasteiger partial charge < -0.3 is 20.6 Å². The molecule has 0 spiro atoms. The van der Waals surface area contributed by atoms with E-state index in [1.165, 1.54) is 11.1 Å². The molecule has 4 N–H and O–H groups in total. The van der Waals surface area contributed by atoms with Gasteiger partial charge in [-0.25, -0.2) is 4.79 Å². The number of nitrogens with one attached hydrogen (secondary N) is 2. The second-order valence-corrected chi connectivity index (χ2v) is 4.52. The maximum Gasteiger partial charge on any atom is 0.323 e. The summed E-state index contributed by atoms with van der Waals surface area (Å²) >= 11 is 0. The van der Waals surface area contributed by atoms with Crippen LogP contribution in [0, 0.1) is 11.8 Å². The highest BCUT2D eigenvalue weighted by molar-refractivity contribution is 5.91. The standard InChI is InChI=1S/C15H16N4O2/c1-19(14(20)13-9-17-15(21)18-13)10-12-5-2-4-11(8-12)6-3-7-16/h2,4-5,8-9H,7,10,16H2,1H3,(H2,17,18,21). The average Bonchev–Trinajstić information content (AvgIpc) is 2.91. The first-order valence-electron chi connectivity index (χ1n) is 6.41. The maximum absolute atomic E-state index is 12.1. The maximum atomic E-state index is 12.1. The van der Waals surface area contributed by atoms with Gasteiger partial charge in [0.2, 0.25) is 0 Å². The molecule has 0 saturated carbocycles. The molecule has 21 heavy (non-hydrogen) atoms. The number of amides is 1. The van der Waals surface area contributed by atoms with Gasteiger partial charge in [0.05, 0.1) is 6.54 Å². The fourth-order valence-corrected chi connectivity index (χ4v) is 1.90. The van der Waals surface area contributed by atoms with Gasteiger partial charge >= 0.3 is 5.69 Å². The molecule has 0 saturated heterocycles. The van der Waals surface area contributed by atoms with E-state index in [-0.39, 0.29) is 11.6 Å². The van der Waals surface area contributed by atoms with Crippen LogP contribution in [0.5, 0.6) is 0 Å². The number of H-pyrrole nitrogens is 2. The molecule has 0 radical (unpaired) electrons. The third-order valence-corrected chi connectivity index (χ3v) is 2.85. The predicted octanol–water partition coefficient (Wildman–Crippen LogP) is 0.285. The van der Waals surface area contributed by atoms with E-state index in [4.69, 9.17) is 5.73 Å². The number of rotatable bonds is 3. The normalized spacial score (nSPS) is 9.81. The van der Waals surface area contributed by atoms with Crippen LogP contribution in [0.25, 0.3) is 0 Å². The van der Waals surface area contributed by atoms with Gasteiger partial charge in [-0.3, -0.25) is 4.79 Å². The summed E-state index contributed by atoms with van der Waals surface area (Å²) in [6.45, 7) is 0.730. The van der Waals surface area contributed by atoms with E-state index in [1.807, 2.05) is 24.3 Å². The number of carbonyl (C=O) groups excluding carboxylic acids is 1. The Morgan fingerprint density at radius 3 is 2.90 bits per heavy atom. The van der Waals surface area contributed by atoms with Crippen molar-refractivity contribution in [1.29, 1.82) is 0 Å². The van der Waals surface area contributed by atoms with Crippen LogP contribution in [0.2, 0.25) is 0 Å². The topological polar surface area (TPSA) is 95.0 Å². The Hall–Kier alpha value is -2.78. The summed E-state index contributed by atoms with van der Waals surface area (Å²) in [5, 5.41) is 0. The summed E-state index contributed by atoms with van der Waals surface area (Å²) in [7, 11) is 1.67. The number of aromatic amines is 2. The predicted molar refractivity (Wildman–Crippen MR) is 79.6 cm³/mol. The van der Waals surface area contributed by atoms with E-state index in [1.54, 1.807) is 7.05 Å². The number of benzene rings is 1. The summed E-state index contributed by atoms with van der Waals surface area (Å²) in [6, 6.07) is 7.59. The van der Waals surface area contributed by atoms with Gasteiger partial charge in [0.1, 0.15) is 5.69 Å². The van der Waals surface area contributed by atoms with E-state index >= 15 is 0 Å². The van der Waals surface area contributed by atoms with Crippen molar-refractivity contribution < 1.29 is 4.79 Å². The Balaban J connectivity index is 2.10. The van der Waals surface area contributed by atoms with Crippen molar-refractivity contribution in [2.24, 2.45) is 5.73 Å². The molecule has 2 rings (SSSR count). The van der Waals surface area contributed by atoms with Crippen molar-refractivity contribution in [3.8, 4) is 11.8 Å². The van der Waals surface area contributed by atoms with E-state index < -0.39 is 5.69 Å². The lowest BCUT2D eigenvalue weighted by Gasteiger charge is -2.16. The molecule has 108 valence electrons. The molecule has 0 atom stereocenters. The van der Waals surface area contributed by atoms with Crippen LogP contribution >= 0.6 is 0 Å². The third-order valence-electron chi connectivity index (χ3n) is 2.85. The molecule has 0 aliphatic heterocycles. The molecule has 1 aromatic carbocycles. The number of nitrogens with two attached hydrogens (primary N) is 1. The monoisotopic (exact) mass is 284 g/mol. The van der Waals surface area contributed by atoms with Crippen molar-refractivity contribution >= 4 is 5.91 Å². The van der Waals surface area contributed by atoms with E-state index in [9.17, 15) is 9.59 Å². The molecule has 0 fully saturated rings. The minimum atomic E-state index is -0.397. The van der Waals surface area contributed by atoms with E-state index in [0.29, 0.717) is 13.1 Å². The van der Waals surface area contributed by atoms with Crippen LogP contribution in [0.15, 0.2) is 35.3 Å². The molecule has 0 bridgehead atoms. The summed E-state index contributed by atoms with van der Waals surface area (Å²) in [5.74, 6) is 5.48. The van der Waals surface area contributed by atoms with Gasteiger partial charge in [0, 0.05) is 25.4 Å². The van der Waals surface area contributed by atoms with Crippen LogP contribution in [0.1, 0.15) is 21.6 Å². The Morgan fingerprint density at radius 1 is 1.43 bits per heavy atom. The minimum absolute atomic E-state index is 0.238. The number of imidazole rings is 1. The van der Waals surface area contributed by atoms with Gasteiger partial charge in [-0.1, -0.05) is 24.0 Å². The second kappa shape index (κ2) is 6.59. The van der Waals surface area contributed by atoms with Crippen molar-refractivity contribution in [3.63, 3.8) is 0 Å². The molecule has 1 heterocycles. The lowest BCUT2D eigenvalue weighted by atomic mass is 10.1. The third kappa shape index (κ3) is 3.84. The molecule has 1 aromatic heterocycles. The summed E-state index contributed by atoms with van der Waals surface area (Å²) in [6.07, 6.45) is 1.37. The lowest BCUT2D eigenvalue weighted by Crippen LogP contribution is -2.27. The fraction of sp³-hybridized carbons (Fsp3) is 0.200. The zero-order valence-electron chi connectivity index (χ0n) is 11.6. The summed E-state index contributed by atoms with van der Waals surface area (Å²) in [4.78, 5) is 29.5. The van der Waals surface area contributed by atoms with Crippen LogP contribution in [0.3, 0.4) is 0 Å². The number of aromatic nitrogens is 2. The molecule has 1 amide bonds. The highest BCUT2D eigenvalue weighted by atomic mass is 16.2. The van der Waals surface area contributed by atoms with Gasteiger partial charge in [-0.05, 0) is 17.7 Å². The second-order valence-electron chi connectivity index (χ2n) is 4.52. The van der Waals surface area contributed by atoms with Gasteiger partial charge in [-0.15, -0.1) is 0 Å². The molecule has 0 aliphatic rings. The Bertz CT molecular complexity index is 749. The minimum Gasteiger partial charge on any atom is -0.336 e. The molecule has 6 nitrogen and oxygen atoms in total. The smallest absolute Gasteiger partial charge is 0.323 e. The number of hydrogen-bond donors (Lipinski definition) is 3. The van der Waals surface area contributed by atoms with Crippen LogP contribution in [-0.2, 0) is 6.54 Å². The van der Waals surface area contributed by atoms with Crippen LogP contribution in [0.4, 0.5) is 0 Å². The largest absolute Gasteiger partial charge is 0.336 e. The molecule has 2 aromatic rings. The zero-order valence-corrected chi connectivity index (χ0v) is 11.6. The Kier molecular flexibility index (Phi) is 4.59.